The van der Waals surface area contributed by atoms with E-state index >= 15 is 0 Å². The van der Waals surface area contributed by atoms with Crippen molar-refractivity contribution in [3.63, 3.8) is 0 Å². The summed E-state index contributed by atoms with van der Waals surface area (Å²) in [7, 11) is 6.20. The smallest absolute Gasteiger partial charge is 0.246 e. The molecule has 1 saturated carbocycles. The van der Waals surface area contributed by atoms with Crippen molar-refractivity contribution in [2.75, 3.05) is 75.5 Å². The monoisotopic (exact) mass is 511 g/mol. The van der Waals surface area contributed by atoms with Crippen LogP contribution in [0.5, 0.6) is 0 Å². The third kappa shape index (κ3) is 5.81. The average Bonchev–Trinajstić information content (AvgIpc) is 3.79. The van der Waals surface area contributed by atoms with E-state index in [4.69, 9.17) is 9.97 Å². The molecule has 0 spiro atoms. The van der Waals surface area contributed by atoms with Gasteiger partial charge in [0.1, 0.15) is 5.82 Å². The Hall–Kier alpha value is -3.91. The second-order valence-electron chi connectivity index (χ2n) is 10.3. The summed E-state index contributed by atoms with van der Waals surface area (Å²) in [6.45, 7) is 8.11. The normalized spacial score (nSPS) is 15.1. The fourth-order valence-electron chi connectivity index (χ4n) is 4.73. The molecule has 0 radical (unpaired) electrons. The van der Waals surface area contributed by atoms with E-state index in [9.17, 15) is 4.79 Å². The number of rotatable bonds is 9. The second kappa shape index (κ2) is 11.2. The Balaban J connectivity index is 1.49. The summed E-state index contributed by atoms with van der Waals surface area (Å²) in [5.74, 6) is 1.59. The molecule has 1 aliphatic heterocycles. The van der Waals surface area contributed by atoms with Gasteiger partial charge in [-0.3, -0.25) is 4.79 Å². The largest absolute Gasteiger partial charge is 0.353 e. The number of amides is 1. The molecule has 8 heteroatoms. The number of fused-ring (bicyclic) bond motifs is 1. The van der Waals surface area contributed by atoms with Crippen LogP contribution in [-0.4, -0.2) is 86.1 Å². The lowest BCUT2D eigenvalue weighted by Crippen LogP contribution is -2.48. The van der Waals surface area contributed by atoms with Crippen LogP contribution in [0, 0.1) is 0 Å². The van der Waals surface area contributed by atoms with Gasteiger partial charge in [0.25, 0.3) is 0 Å². The van der Waals surface area contributed by atoms with Gasteiger partial charge in [-0.1, -0.05) is 43.0 Å². The lowest BCUT2D eigenvalue weighted by Gasteiger charge is -2.35. The van der Waals surface area contributed by atoms with Crippen LogP contribution in [0.1, 0.15) is 18.5 Å². The van der Waals surface area contributed by atoms with E-state index in [-0.39, 0.29) is 5.91 Å². The second-order valence-corrected chi connectivity index (χ2v) is 10.3. The molecule has 0 atom stereocenters. The number of nitrogens with zero attached hydrogens (tertiary/aromatic N) is 6. The highest BCUT2D eigenvalue weighted by molar-refractivity contribution is 5.97. The zero-order valence-corrected chi connectivity index (χ0v) is 22.7. The molecule has 2 fully saturated rings. The van der Waals surface area contributed by atoms with E-state index in [1.54, 1.807) is 0 Å². The molecule has 2 heterocycles. The Morgan fingerprint density at radius 3 is 2.45 bits per heavy atom. The molecule has 198 valence electrons. The first-order valence-corrected chi connectivity index (χ1v) is 13.3. The van der Waals surface area contributed by atoms with Crippen LogP contribution in [0.4, 0.5) is 17.5 Å². The van der Waals surface area contributed by atoms with Crippen molar-refractivity contribution in [1.29, 1.82) is 0 Å². The zero-order valence-electron chi connectivity index (χ0n) is 22.7. The van der Waals surface area contributed by atoms with Crippen molar-refractivity contribution in [3.05, 3.63) is 72.5 Å². The van der Waals surface area contributed by atoms with Gasteiger partial charge in [-0.05, 0) is 50.0 Å². The van der Waals surface area contributed by atoms with Crippen LogP contribution in [0.15, 0.2) is 66.8 Å². The zero-order chi connectivity index (χ0) is 26.6. The van der Waals surface area contributed by atoms with E-state index in [0.29, 0.717) is 19.0 Å². The molecule has 1 aromatic heterocycles. The predicted octanol–water partition coefficient (Wildman–Crippen LogP) is 4.08. The Morgan fingerprint density at radius 1 is 1.00 bits per heavy atom. The summed E-state index contributed by atoms with van der Waals surface area (Å²) >= 11 is 0. The number of hydrogen-bond acceptors (Lipinski definition) is 7. The number of nitrogens with one attached hydrogen (secondary N) is 1. The molecule has 0 unspecified atom stereocenters. The molecule has 1 amide bonds. The number of hydrogen-bond donors (Lipinski definition) is 1. The van der Waals surface area contributed by atoms with Gasteiger partial charge < -0.3 is 24.9 Å². The van der Waals surface area contributed by atoms with E-state index < -0.39 is 0 Å². The van der Waals surface area contributed by atoms with Crippen LogP contribution >= 0.6 is 0 Å². The molecule has 0 bridgehead atoms. The molecule has 5 rings (SSSR count). The number of carbonyl (C=O) groups is 1. The van der Waals surface area contributed by atoms with Crippen molar-refractivity contribution < 1.29 is 4.79 Å². The average molecular weight is 512 g/mol. The fraction of sp³-hybridized carbons (Fsp3) is 0.367. The number of benzene rings is 2. The van der Waals surface area contributed by atoms with Crippen LogP contribution < -0.4 is 15.1 Å². The Bertz CT molecular complexity index is 1350. The molecule has 2 aromatic carbocycles. The Morgan fingerprint density at radius 2 is 1.74 bits per heavy atom. The molecule has 1 aliphatic carbocycles. The Labute approximate surface area is 225 Å². The van der Waals surface area contributed by atoms with Crippen molar-refractivity contribution >= 4 is 39.8 Å². The summed E-state index contributed by atoms with van der Waals surface area (Å²) < 4.78 is 0. The number of likely N-dealkylation sites (N-methyl/N-ethyl adjacent to an activating group) is 2. The maximum Gasteiger partial charge on any atom is 0.246 e. The predicted molar refractivity (Wildman–Crippen MR) is 157 cm³/mol. The fourth-order valence-corrected chi connectivity index (χ4v) is 4.73. The first-order valence-electron chi connectivity index (χ1n) is 13.3. The van der Waals surface area contributed by atoms with Crippen LogP contribution in [-0.2, 0) is 4.79 Å². The lowest BCUT2D eigenvalue weighted by atomic mass is 10.1. The third-order valence-electron chi connectivity index (χ3n) is 7.17. The van der Waals surface area contributed by atoms with Gasteiger partial charge in [0, 0.05) is 63.5 Å². The van der Waals surface area contributed by atoms with Crippen molar-refractivity contribution in [2.24, 2.45) is 0 Å². The van der Waals surface area contributed by atoms with Crippen LogP contribution in [0.3, 0.4) is 0 Å². The van der Waals surface area contributed by atoms with Crippen molar-refractivity contribution in [2.45, 2.75) is 12.8 Å². The highest BCUT2D eigenvalue weighted by Crippen LogP contribution is 2.38. The molecule has 8 nitrogen and oxygen atoms in total. The highest BCUT2D eigenvalue weighted by Gasteiger charge is 2.25. The van der Waals surface area contributed by atoms with E-state index in [1.807, 2.05) is 4.90 Å². The molecule has 1 saturated heterocycles. The van der Waals surface area contributed by atoms with Crippen LogP contribution in [0.2, 0.25) is 0 Å². The topological polar surface area (TPSA) is 67.8 Å². The Kier molecular flexibility index (Phi) is 7.60. The number of carbonyl (C=O) groups excluding carboxylic acids is 1. The minimum absolute atomic E-state index is 0.0165. The maximum atomic E-state index is 12.1. The number of anilines is 3. The molecular weight excluding hydrogens is 474 g/mol. The summed E-state index contributed by atoms with van der Waals surface area (Å²) in [6, 6.07) is 16.9. The van der Waals surface area contributed by atoms with Gasteiger partial charge in [-0.2, -0.15) is 4.98 Å². The van der Waals surface area contributed by atoms with E-state index in [1.165, 1.54) is 22.4 Å². The summed E-state index contributed by atoms with van der Waals surface area (Å²) in [5.41, 5.74) is 4.45. The quantitative estimate of drug-likeness (QED) is 0.434. The number of allylic oxidation sites excluding steroid dienone is 1. The molecule has 38 heavy (non-hydrogen) atoms. The van der Waals surface area contributed by atoms with Gasteiger partial charge in [0.05, 0.1) is 11.4 Å². The molecule has 3 aromatic rings. The standard InChI is InChI=1S/C30H37N7O/c1-5-28(38)37-19-17-36(18-20-37)27-21-26(32-30(33-27)35(4)16-15-34(2)3)29(23-13-14-23)31-25-12-8-10-22-9-6-7-11-24(22)25/h5-12,21,31H,1,13-20H2,2-4H3. The first kappa shape index (κ1) is 25.7. The third-order valence-corrected chi connectivity index (χ3v) is 7.17. The van der Waals surface area contributed by atoms with Gasteiger partial charge in [0.15, 0.2) is 0 Å². The van der Waals surface area contributed by atoms with Crippen molar-refractivity contribution in [3.8, 4) is 0 Å². The van der Waals surface area contributed by atoms with Gasteiger partial charge in [-0.15, -0.1) is 0 Å². The summed E-state index contributed by atoms with van der Waals surface area (Å²) in [5, 5.41) is 6.15. The minimum atomic E-state index is -0.0165. The van der Waals surface area contributed by atoms with Gasteiger partial charge in [0.2, 0.25) is 11.9 Å². The van der Waals surface area contributed by atoms with Crippen LogP contribution in [0.25, 0.3) is 16.5 Å². The van der Waals surface area contributed by atoms with Gasteiger partial charge in [-0.25, -0.2) is 4.98 Å². The number of aromatic nitrogens is 2. The number of piperazine rings is 1. The highest BCUT2D eigenvalue weighted by atomic mass is 16.2. The van der Waals surface area contributed by atoms with Crippen molar-refractivity contribution in [1.82, 2.24) is 19.8 Å². The van der Waals surface area contributed by atoms with Gasteiger partial charge >= 0.3 is 0 Å². The lowest BCUT2D eigenvalue weighted by molar-refractivity contribution is -0.126. The summed E-state index contributed by atoms with van der Waals surface area (Å²) in [4.78, 5) is 30.6. The first-order chi connectivity index (χ1) is 18.4. The summed E-state index contributed by atoms with van der Waals surface area (Å²) in [6.07, 6.45) is 3.53. The molecular formula is C30H37N7O. The van der Waals surface area contributed by atoms with E-state index in [0.717, 1.165) is 61.9 Å². The van der Waals surface area contributed by atoms with E-state index in [2.05, 4.69) is 96.3 Å². The minimum Gasteiger partial charge on any atom is -0.353 e. The maximum absolute atomic E-state index is 12.1. The molecule has 1 N–H and O–H groups in total. The SMILES string of the molecule is C=CC(=O)N1CCN(c2cc(C(Nc3cccc4ccccc34)=C3CC3)nc(N(C)CCN(C)C)n2)CC1. The molecule has 2 aliphatic rings.